The van der Waals surface area contributed by atoms with Gasteiger partial charge in [-0.3, -0.25) is 4.98 Å². The van der Waals surface area contributed by atoms with Crippen molar-refractivity contribution in [1.29, 1.82) is 0 Å². The summed E-state index contributed by atoms with van der Waals surface area (Å²) in [7, 11) is 0. The van der Waals surface area contributed by atoms with Gasteiger partial charge in [0, 0.05) is 35.3 Å². The van der Waals surface area contributed by atoms with E-state index in [1.54, 1.807) is 6.20 Å². The molecule has 1 aliphatic rings. The highest BCUT2D eigenvalue weighted by molar-refractivity contribution is 5.53. The fraction of sp³-hybridized carbons (Fsp3) is 0.357. The van der Waals surface area contributed by atoms with Gasteiger partial charge in [-0.25, -0.2) is 9.97 Å². The second-order valence-corrected chi connectivity index (χ2v) is 4.63. The first-order chi connectivity index (χ1) is 8.33. The van der Waals surface area contributed by atoms with Crippen LogP contribution >= 0.6 is 0 Å². The number of rotatable bonds is 2. The van der Waals surface area contributed by atoms with E-state index in [0.717, 1.165) is 17.1 Å². The van der Waals surface area contributed by atoms with E-state index in [0.29, 0.717) is 5.92 Å². The molecule has 0 bridgehead atoms. The van der Waals surface area contributed by atoms with Gasteiger partial charge in [-0.2, -0.15) is 0 Å². The minimum Gasteiger partial charge on any atom is -0.264 e. The zero-order valence-corrected chi connectivity index (χ0v) is 9.93. The molecule has 0 aliphatic heterocycles. The molecule has 17 heavy (non-hydrogen) atoms. The van der Waals surface area contributed by atoms with Crippen LogP contribution in [-0.2, 0) is 0 Å². The van der Waals surface area contributed by atoms with Gasteiger partial charge in [0.05, 0.1) is 0 Å². The van der Waals surface area contributed by atoms with Crippen molar-refractivity contribution in [2.75, 3.05) is 0 Å². The van der Waals surface area contributed by atoms with Gasteiger partial charge in [-0.1, -0.05) is 6.42 Å². The minimum atomic E-state index is 0.645. The summed E-state index contributed by atoms with van der Waals surface area (Å²) in [5.74, 6) is 1.45. The standard InChI is InChI=1S/C14H15N3/c1-10-8-13(11-4-2-5-11)17-14(16-10)12-6-3-7-15-9-12/h3,6-9,11H,2,4-5H2,1H3. The summed E-state index contributed by atoms with van der Waals surface area (Å²) >= 11 is 0. The third-order valence-electron chi connectivity index (χ3n) is 3.32. The molecule has 1 fully saturated rings. The summed E-state index contributed by atoms with van der Waals surface area (Å²) < 4.78 is 0. The molecular formula is C14H15N3. The van der Waals surface area contributed by atoms with Crippen LogP contribution in [0, 0.1) is 6.92 Å². The number of pyridine rings is 1. The quantitative estimate of drug-likeness (QED) is 0.788. The maximum absolute atomic E-state index is 4.67. The third kappa shape index (κ3) is 2.05. The van der Waals surface area contributed by atoms with Crippen molar-refractivity contribution in [3.05, 3.63) is 42.0 Å². The smallest absolute Gasteiger partial charge is 0.161 e. The summed E-state index contributed by atoms with van der Waals surface area (Å²) in [6.45, 7) is 2.03. The summed E-state index contributed by atoms with van der Waals surface area (Å²) in [6.07, 6.45) is 7.45. The van der Waals surface area contributed by atoms with Gasteiger partial charge in [-0.15, -0.1) is 0 Å². The highest BCUT2D eigenvalue weighted by atomic mass is 14.9. The first-order valence-corrected chi connectivity index (χ1v) is 6.09. The lowest BCUT2D eigenvalue weighted by Gasteiger charge is -2.25. The molecule has 0 spiro atoms. The van der Waals surface area contributed by atoms with E-state index in [1.165, 1.54) is 25.0 Å². The second kappa shape index (κ2) is 4.24. The van der Waals surface area contributed by atoms with Gasteiger partial charge in [0.2, 0.25) is 0 Å². The zero-order valence-electron chi connectivity index (χ0n) is 9.93. The van der Waals surface area contributed by atoms with Crippen molar-refractivity contribution < 1.29 is 0 Å². The summed E-state index contributed by atoms with van der Waals surface area (Å²) in [5, 5.41) is 0. The molecule has 0 saturated heterocycles. The lowest BCUT2D eigenvalue weighted by Crippen LogP contribution is -2.12. The Bertz CT molecular complexity index is 518. The molecule has 86 valence electrons. The normalized spacial score (nSPS) is 15.6. The Kier molecular flexibility index (Phi) is 2.59. The molecule has 0 radical (unpaired) electrons. The fourth-order valence-corrected chi connectivity index (χ4v) is 2.13. The molecule has 1 aliphatic carbocycles. The zero-order chi connectivity index (χ0) is 11.7. The molecule has 2 heterocycles. The molecule has 0 amide bonds. The second-order valence-electron chi connectivity index (χ2n) is 4.63. The number of aromatic nitrogens is 3. The predicted octanol–water partition coefficient (Wildman–Crippen LogP) is 3.11. The van der Waals surface area contributed by atoms with Crippen molar-refractivity contribution in [1.82, 2.24) is 15.0 Å². The van der Waals surface area contributed by atoms with E-state index >= 15 is 0 Å². The van der Waals surface area contributed by atoms with Crippen LogP contribution in [0.2, 0.25) is 0 Å². The number of nitrogens with zero attached hydrogens (tertiary/aromatic N) is 3. The van der Waals surface area contributed by atoms with Crippen molar-refractivity contribution in [2.24, 2.45) is 0 Å². The SMILES string of the molecule is Cc1cc(C2CCC2)nc(-c2cccnc2)n1. The first kappa shape index (κ1) is 10.4. The van der Waals surface area contributed by atoms with Gasteiger partial charge >= 0.3 is 0 Å². The maximum Gasteiger partial charge on any atom is 0.161 e. The summed E-state index contributed by atoms with van der Waals surface area (Å²) in [6, 6.07) is 6.04. The van der Waals surface area contributed by atoms with Crippen LogP contribution in [0.4, 0.5) is 0 Å². The molecule has 3 heteroatoms. The van der Waals surface area contributed by atoms with Crippen LogP contribution in [0.5, 0.6) is 0 Å². The molecule has 0 N–H and O–H groups in total. The van der Waals surface area contributed by atoms with Crippen LogP contribution < -0.4 is 0 Å². The van der Waals surface area contributed by atoms with Crippen molar-refractivity contribution in [2.45, 2.75) is 32.1 Å². The van der Waals surface area contributed by atoms with Gasteiger partial charge < -0.3 is 0 Å². The highest BCUT2D eigenvalue weighted by Crippen LogP contribution is 2.35. The number of hydrogen-bond donors (Lipinski definition) is 0. The Morgan fingerprint density at radius 3 is 2.76 bits per heavy atom. The van der Waals surface area contributed by atoms with E-state index in [9.17, 15) is 0 Å². The van der Waals surface area contributed by atoms with Crippen LogP contribution in [0.15, 0.2) is 30.6 Å². The average Bonchev–Trinajstić information content (AvgIpc) is 2.27. The Labute approximate surface area is 101 Å². The van der Waals surface area contributed by atoms with Crippen molar-refractivity contribution in [3.8, 4) is 11.4 Å². The van der Waals surface area contributed by atoms with E-state index < -0.39 is 0 Å². The number of hydrogen-bond acceptors (Lipinski definition) is 3. The molecule has 0 aromatic carbocycles. The topological polar surface area (TPSA) is 38.7 Å². The molecule has 3 rings (SSSR count). The first-order valence-electron chi connectivity index (χ1n) is 6.09. The Morgan fingerprint density at radius 1 is 1.24 bits per heavy atom. The van der Waals surface area contributed by atoms with E-state index in [-0.39, 0.29) is 0 Å². The Balaban J connectivity index is 2.02. The van der Waals surface area contributed by atoms with Gasteiger partial charge in [0.15, 0.2) is 5.82 Å². The van der Waals surface area contributed by atoms with Gasteiger partial charge in [0.25, 0.3) is 0 Å². The van der Waals surface area contributed by atoms with Gasteiger partial charge in [0.1, 0.15) is 0 Å². The average molecular weight is 225 g/mol. The molecular weight excluding hydrogens is 210 g/mol. The third-order valence-corrected chi connectivity index (χ3v) is 3.32. The molecule has 3 nitrogen and oxygen atoms in total. The van der Waals surface area contributed by atoms with Crippen LogP contribution in [-0.4, -0.2) is 15.0 Å². The fourth-order valence-electron chi connectivity index (χ4n) is 2.13. The number of aryl methyl sites for hydroxylation is 1. The summed E-state index contributed by atoms with van der Waals surface area (Å²) in [5.41, 5.74) is 3.24. The van der Waals surface area contributed by atoms with E-state index in [1.807, 2.05) is 25.3 Å². The molecule has 1 saturated carbocycles. The van der Waals surface area contributed by atoms with Crippen molar-refractivity contribution >= 4 is 0 Å². The van der Waals surface area contributed by atoms with Gasteiger partial charge in [-0.05, 0) is 38.0 Å². The maximum atomic E-state index is 4.67. The van der Waals surface area contributed by atoms with Crippen LogP contribution in [0.25, 0.3) is 11.4 Å². The largest absolute Gasteiger partial charge is 0.264 e. The monoisotopic (exact) mass is 225 g/mol. The Hall–Kier alpha value is -1.77. The lowest BCUT2D eigenvalue weighted by molar-refractivity contribution is 0.410. The molecule has 2 aromatic heterocycles. The van der Waals surface area contributed by atoms with Crippen molar-refractivity contribution in [3.63, 3.8) is 0 Å². The highest BCUT2D eigenvalue weighted by Gasteiger charge is 2.21. The minimum absolute atomic E-state index is 0.645. The Morgan fingerprint density at radius 2 is 2.12 bits per heavy atom. The van der Waals surface area contributed by atoms with E-state index in [4.69, 9.17) is 0 Å². The summed E-state index contributed by atoms with van der Waals surface area (Å²) in [4.78, 5) is 13.3. The molecule has 0 unspecified atom stereocenters. The van der Waals surface area contributed by atoms with Crippen LogP contribution in [0.3, 0.4) is 0 Å². The molecule has 0 atom stereocenters. The predicted molar refractivity (Wildman–Crippen MR) is 66.6 cm³/mol. The molecule has 2 aromatic rings. The lowest BCUT2D eigenvalue weighted by atomic mass is 9.82. The van der Waals surface area contributed by atoms with Crippen LogP contribution in [0.1, 0.15) is 36.6 Å². The van der Waals surface area contributed by atoms with E-state index in [2.05, 4.69) is 21.0 Å².